The molecule has 4 unspecified atom stereocenters. The van der Waals surface area contributed by atoms with Gasteiger partial charge in [0.05, 0.1) is 24.2 Å². The van der Waals surface area contributed by atoms with Crippen molar-refractivity contribution in [3.63, 3.8) is 0 Å². The van der Waals surface area contributed by atoms with E-state index in [4.69, 9.17) is 11.5 Å². The third-order valence-corrected chi connectivity index (χ3v) is 4.41. The first-order valence-electron chi connectivity index (χ1n) is 7.67. The summed E-state index contributed by atoms with van der Waals surface area (Å²) in [6.45, 7) is 0. The van der Waals surface area contributed by atoms with Crippen molar-refractivity contribution in [3.8, 4) is 0 Å². The van der Waals surface area contributed by atoms with E-state index >= 15 is 0 Å². The van der Waals surface area contributed by atoms with Gasteiger partial charge in [-0.05, 0) is 5.56 Å². The van der Waals surface area contributed by atoms with E-state index in [1.165, 1.54) is 0 Å². The smallest absolute Gasteiger partial charge is 0.322 e. The van der Waals surface area contributed by atoms with Gasteiger partial charge in [0, 0.05) is 5.92 Å². The molecule has 10 nitrogen and oxygen atoms in total. The van der Waals surface area contributed by atoms with Crippen LogP contribution in [0.2, 0.25) is 0 Å². The van der Waals surface area contributed by atoms with Crippen LogP contribution in [-0.2, 0) is 9.59 Å². The van der Waals surface area contributed by atoms with Gasteiger partial charge in [0.2, 0.25) is 11.8 Å². The number of rotatable bonds is 3. The Kier molecular flexibility index (Phi) is 4.38. The Morgan fingerprint density at radius 3 is 1.60 bits per heavy atom. The molecule has 3 rings (SSSR count). The predicted molar refractivity (Wildman–Crippen MR) is 85.5 cm³/mol. The topological polar surface area (TPSA) is 168 Å². The molecule has 2 heterocycles. The van der Waals surface area contributed by atoms with Crippen molar-refractivity contribution in [2.45, 2.75) is 18.2 Å². The molecule has 1 aromatic carbocycles. The molecule has 2 saturated heterocycles. The molecular formula is C15H18N6O4. The number of amides is 6. The highest BCUT2D eigenvalue weighted by Gasteiger charge is 2.49. The standard InChI is InChI=1S/C15H18N6O4/c16-10-8(12(22)20-14(24)18-10)7(6-4-2-1-3-5-6)9-11(17)19-15(25)21-13(9)23/h1-5,7-11H,16-17H2,(H2,18,20,22,24)(H2,19,21,23,25). The molecule has 10 heteroatoms. The van der Waals surface area contributed by atoms with Gasteiger partial charge in [-0.3, -0.25) is 20.2 Å². The van der Waals surface area contributed by atoms with E-state index in [1.807, 2.05) is 0 Å². The zero-order valence-corrected chi connectivity index (χ0v) is 13.1. The second-order valence-electron chi connectivity index (χ2n) is 5.97. The van der Waals surface area contributed by atoms with Crippen LogP contribution >= 0.6 is 0 Å². The normalized spacial score (nSPS) is 30.6. The van der Waals surface area contributed by atoms with Crippen LogP contribution in [0.4, 0.5) is 9.59 Å². The zero-order chi connectivity index (χ0) is 18.1. The number of nitrogens with two attached hydrogens (primary N) is 2. The first kappa shape index (κ1) is 16.9. The minimum Gasteiger partial charge on any atom is -0.322 e. The van der Waals surface area contributed by atoms with Gasteiger partial charge in [-0.15, -0.1) is 0 Å². The van der Waals surface area contributed by atoms with Crippen LogP contribution < -0.4 is 32.7 Å². The van der Waals surface area contributed by atoms with E-state index in [1.54, 1.807) is 30.3 Å². The quantitative estimate of drug-likeness (QED) is 0.379. The summed E-state index contributed by atoms with van der Waals surface area (Å²) in [5.74, 6) is -3.87. The van der Waals surface area contributed by atoms with Crippen molar-refractivity contribution in [2.24, 2.45) is 23.3 Å². The highest BCUT2D eigenvalue weighted by molar-refractivity contribution is 6.01. The Morgan fingerprint density at radius 2 is 1.20 bits per heavy atom. The van der Waals surface area contributed by atoms with Crippen LogP contribution in [0.15, 0.2) is 30.3 Å². The van der Waals surface area contributed by atoms with E-state index in [0.717, 1.165) is 0 Å². The van der Waals surface area contributed by atoms with Crippen LogP contribution in [0.3, 0.4) is 0 Å². The molecule has 25 heavy (non-hydrogen) atoms. The highest BCUT2D eigenvalue weighted by Crippen LogP contribution is 2.36. The summed E-state index contributed by atoms with van der Waals surface area (Å²) in [5.41, 5.74) is 12.6. The lowest BCUT2D eigenvalue weighted by atomic mass is 9.72. The first-order chi connectivity index (χ1) is 11.9. The lowest BCUT2D eigenvalue weighted by Gasteiger charge is -2.41. The number of urea groups is 2. The van der Waals surface area contributed by atoms with E-state index in [-0.39, 0.29) is 0 Å². The van der Waals surface area contributed by atoms with Gasteiger partial charge in [-0.25, -0.2) is 9.59 Å². The van der Waals surface area contributed by atoms with Crippen LogP contribution in [0.1, 0.15) is 11.5 Å². The summed E-state index contributed by atoms with van der Waals surface area (Å²) < 4.78 is 0. The Bertz CT molecular complexity index is 682. The molecule has 2 fully saturated rings. The average molecular weight is 346 g/mol. The van der Waals surface area contributed by atoms with Gasteiger partial charge >= 0.3 is 12.1 Å². The van der Waals surface area contributed by atoms with Gasteiger partial charge in [0.1, 0.15) is 0 Å². The fourth-order valence-electron chi connectivity index (χ4n) is 3.36. The molecule has 132 valence electrons. The van der Waals surface area contributed by atoms with Crippen LogP contribution in [0.5, 0.6) is 0 Å². The minimum absolute atomic E-state index is 0.609. The Labute approximate surface area is 142 Å². The molecule has 0 radical (unpaired) electrons. The molecular weight excluding hydrogens is 328 g/mol. The average Bonchev–Trinajstić information content (AvgIpc) is 2.52. The summed E-state index contributed by atoms with van der Waals surface area (Å²) in [7, 11) is 0. The number of imide groups is 2. The summed E-state index contributed by atoms with van der Waals surface area (Å²) >= 11 is 0. The number of carbonyl (C=O) groups is 4. The fourth-order valence-corrected chi connectivity index (χ4v) is 3.36. The number of hydrogen-bond donors (Lipinski definition) is 6. The van der Waals surface area contributed by atoms with Crippen molar-refractivity contribution in [3.05, 3.63) is 35.9 Å². The first-order valence-corrected chi connectivity index (χ1v) is 7.67. The number of nitrogens with one attached hydrogen (secondary N) is 4. The maximum atomic E-state index is 12.4. The van der Waals surface area contributed by atoms with Crippen LogP contribution in [0, 0.1) is 11.8 Å². The van der Waals surface area contributed by atoms with Gasteiger partial charge in [-0.1, -0.05) is 30.3 Å². The van der Waals surface area contributed by atoms with Crippen molar-refractivity contribution in [2.75, 3.05) is 0 Å². The van der Waals surface area contributed by atoms with E-state index < -0.39 is 54.0 Å². The van der Waals surface area contributed by atoms with Gasteiger partial charge < -0.3 is 22.1 Å². The molecule has 1 aromatic rings. The van der Waals surface area contributed by atoms with Crippen molar-refractivity contribution in [1.29, 1.82) is 0 Å². The molecule has 6 amide bonds. The second kappa shape index (κ2) is 6.49. The molecule has 8 N–H and O–H groups in total. The molecule has 2 aliphatic rings. The fraction of sp³-hybridized carbons (Fsp3) is 0.333. The molecule has 0 aliphatic carbocycles. The maximum absolute atomic E-state index is 12.4. The Morgan fingerprint density at radius 1 is 0.760 bits per heavy atom. The van der Waals surface area contributed by atoms with Gasteiger partial charge in [0.25, 0.3) is 0 Å². The summed E-state index contributed by atoms with van der Waals surface area (Å²) in [6.07, 6.45) is -2.02. The van der Waals surface area contributed by atoms with E-state index in [9.17, 15) is 19.2 Å². The summed E-state index contributed by atoms with van der Waals surface area (Å²) in [6, 6.07) is 7.34. The highest BCUT2D eigenvalue weighted by atomic mass is 16.2. The maximum Gasteiger partial charge on any atom is 0.322 e. The van der Waals surface area contributed by atoms with Crippen molar-refractivity contribution in [1.82, 2.24) is 21.3 Å². The Hall–Kier alpha value is -2.98. The molecule has 0 spiro atoms. The number of hydrogen-bond acceptors (Lipinski definition) is 6. The van der Waals surface area contributed by atoms with Crippen LogP contribution in [-0.4, -0.2) is 36.2 Å². The van der Waals surface area contributed by atoms with Gasteiger partial charge in [-0.2, -0.15) is 0 Å². The lowest BCUT2D eigenvalue weighted by molar-refractivity contribution is -0.131. The Balaban J connectivity index is 2.04. The SMILES string of the molecule is NC1NC(=O)NC(=O)C1C(c1ccccc1)C1C(=O)NC(=O)NC1N. The summed E-state index contributed by atoms with van der Waals surface area (Å²) in [4.78, 5) is 47.8. The third kappa shape index (κ3) is 3.16. The van der Waals surface area contributed by atoms with Crippen LogP contribution in [0.25, 0.3) is 0 Å². The molecule has 0 bridgehead atoms. The predicted octanol–water partition coefficient (Wildman–Crippen LogP) is -1.75. The molecule has 2 aliphatic heterocycles. The van der Waals surface area contributed by atoms with E-state index in [2.05, 4.69) is 21.3 Å². The number of benzene rings is 1. The van der Waals surface area contributed by atoms with Crippen molar-refractivity contribution < 1.29 is 19.2 Å². The third-order valence-electron chi connectivity index (χ3n) is 4.41. The summed E-state index contributed by atoms with van der Waals surface area (Å²) in [5, 5.41) is 9.19. The molecule has 0 aromatic heterocycles. The second-order valence-corrected chi connectivity index (χ2v) is 5.97. The molecule has 0 saturated carbocycles. The lowest BCUT2D eigenvalue weighted by Crippen LogP contribution is -2.68. The number of carbonyl (C=O) groups excluding carboxylic acids is 4. The minimum atomic E-state index is -1.01. The monoisotopic (exact) mass is 346 g/mol. The van der Waals surface area contributed by atoms with Gasteiger partial charge in [0.15, 0.2) is 0 Å². The molecule has 4 atom stereocenters. The largest absolute Gasteiger partial charge is 0.322 e. The zero-order valence-electron chi connectivity index (χ0n) is 13.1. The van der Waals surface area contributed by atoms with Crippen molar-refractivity contribution >= 4 is 23.9 Å². The van der Waals surface area contributed by atoms with E-state index in [0.29, 0.717) is 5.56 Å².